The van der Waals surface area contributed by atoms with Gasteiger partial charge in [-0.25, -0.2) is 8.78 Å². The molecule has 3 nitrogen and oxygen atoms in total. The first-order chi connectivity index (χ1) is 11.7. The summed E-state index contributed by atoms with van der Waals surface area (Å²) in [5.41, 5.74) is 1.90. The average Bonchev–Trinajstić information content (AvgIpc) is 2.48. The van der Waals surface area contributed by atoms with Gasteiger partial charge in [0.05, 0.1) is 11.7 Å². The van der Waals surface area contributed by atoms with Crippen molar-refractivity contribution in [3.8, 4) is 5.75 Å². The molecule has 0 amide bonds. The Morgan fingerprint density at radius 2 is 1.96 bits per heavy atom. The van der Waals surface area contributed by atoms with Crippen molar-refractivity contribution in [1.82, 2.24) is 5.32 Å². The van der Waals surface area contributed by atoms with Gasteiger partial charge in [0.2, 0.25) is 0 Å². The van der Waals surface area contributed by atoms with E-state index in [0.29, 0.717) is 6.42 Å². The smallest absolute Gasteiger partial charge is 0.171 e. The summed E-state index contributed by atoms with van der Waals surface area (Å²) in [6, 6.07) is 9.29. The molecule has 0 saturated carbocycles. The highest BCUT2D eigenvalue weighted by Crippen LogP contribution is 2.39. The zero-order valence-corrected chi connectivity index (χ0v) is 15.1. The quantitative estimate of drug-likeness (QED) is 0.748. The average molecular weight is 362 g/mol. The van der Waals surface area contributed by atoms with Gasteiger partial charge in [-0.3, -0.25) is 0 Å². The maximum Gasteiger partial charge on any atom is 0.171 e. The molecule has 1 aliphatic heterocycles. The lowest BCUT2D eigenvalue weighted by atomic mass is 9.89. The van der Waals surface area contributed by atoms with Crippen molar-refractivity contribution in [3.63, 3.8) is 0 Å². The van der Waals surface area contributed by atoms with Gasteiger partial charge >= 0.3 is 0 Å². The van der Waals surface area contributed by atoms with Gasteiger partial charge < -0.3 is 15.4 Å². The highest BCUT2D eigenvalue weighted by atomic mass is 32.1. The zero-order valence-electron chi connectivity index (χ0n) is 14.3. The van der Waals surface area contributed by atoms with E-state index in [0.717, 1.165) is 22.9 Å². The molecule has 0 spiro atoms. The van der Waals surface area contributed by atoms with Gasteiger partial charge in [0.25, 0.3) is 0 Å². The fourth-order valence-corrected chi connectivity index (χ4v) is 3.25. The van der Waals surface area contributed by atoms with Gasteiger partial charge in [-0.2, -0.15) is 0 Å². The summed E-state index contributed by atoms with van der Waals surface area (Å²) in [4.78, 5) is 0. The Morgan fingerprint density at radius 3 is 2.68 bits per heavy atom. The van der Waals surface area contributed by atoms with Gasteiger partial charge in [0, 0.05) is 18.1 Å². The second-order valence-electron chi connectivity index (χ2n) is 6.88. The van der Waals surface area contributed by atoms with Gasteiger partial charge in [-0.05, 0) is 56.8 Å². The van der Waals surface area contributed by atoms with Crippen molar-refractivity contribution in [3.05, 3.63) is 59.2 Å². The molecule has 6 heteroatoms. The third-order valence-electron chi connectivity index (χ3n) is 4.11. The molecule has 0 aromatic heterocycles. The van der Waals surface area contributed by atoms with Crippen LogP contribution in [-0.2, 0) is 0 Å². The van der Waals surface area contributed by atoms with Crippen LogP contribution < -0.4 is 15.4 Å². The minimum Gasteiger partial charge on any atom is -0.487 e. The van der Waals surface area contributed by atoms with E-state index >= 15 is 0 Å². The minimum atomic E-state index is -0.688. The molecule has 0 fully saturated rings. The van der Waals surface area contributed by atoms with Crippen LogP contribution in [0.5, 0.6) is 5.75 Å². The Bertz CT molecular complexity index is 823. The van der Waals surface area contributed by atoms with E-state index in [9.17, 15) is 8.78 Å². The van der Waals surface area contributed by atoms with E-state index in [-0.39, 0.29) is 22.4 Å². The number of hydrogen-bond acceptors (Lipinski definition) is 2. The van der Waals surface area contributed by atoms with Crippen LogP contribution in [0.2, 0.25) is 0 Å². The lowest BCUT2D eigenvalue weighted by Crippen LogP contribution is -2.42. The summed E-state index contributed by atoms with van der Waals surface area (Å²) in [5.74, 6) is -0.491. The first kappa shape index (κ1) is 17.6. The normalized spacial score (nSPS) is 18.0. The van der Waals surface area contributed by atoms with Crippen LogP contribution >= 0.6 is 12.2 Å². The Hall–Kier alpha value is -2.21. The number of halogens is 2. The number of thiocarbonyl (C=S) groups is 1. The van der Waals surface area contributed by atoms with Gasteiger partial charge in [0.1, 0.15) is 23.0 Å². The topological polar surface area (TPSA) is 33.3 Å². The molecule has 0 radical (unpaired) electrons. The Morgan fingerprint density at radius 1 is 1.20 bits per heavy atom. The highest BCUT2D eigenvalue weighted by Gasteiger charge is 2.34. The monoisotopic (exact) mass is 362 g/mol. The first-order valence-electron chi connectivity index (χ1n) is 8.06. The summed E-state index contributed by atoms with van der Waals surface area (Å²) in [6.07, 6.45) is 0.705. The van der Waals surface area contributed by atoms with Crippen LogP contribution in [0.1, 0.15) is 37.4 Å². The molecule has 2 N–H and O–H groups in total. The standard InChI is InChI=1S/C19H20F2N2OS/c1-11-4-6-13-16(10-19(2,3)24-17(13)8-11)23-18(25)22-15-7-5-12(20)9-14(15)21/h4-9,16H,10H2,1-3H3,(H2,22,23,25). The van der Waals surface area contributed by atoms with E-state index in [1.54, 1.807) is 0 Å². The van der Waals surface area contributed by atoms with Crippen molar-refractivity contribution >= 4 is 23.0 Å². The third-order valence-corrected chi connectivity index (χ3v) is 4.33. The largest absolute Gasteiger partial charge is 0.487 e. The Kier molecular flexibility index (Phi) is 4.64. The van der Waals surface area contributed by atoms with Crippen molar-refractivity contribution in [1.29, 1.82) is 0 Å². The lowest BCUT2D eigenvalue weighted by Gasteiger charge is -2.38. The number of aryl methyl sites for hydroxylation is 1. The summed E-state index contributed by atoms with van der Waals surface area (Å²) in [6.45, 7) is 6.04. The molecule has 1 atom stereocenters. The highest BCUT2D eigenvalue weighted by molar-refractivity contribution is 7.80. The molecule has 0 saturated heterocycles. The molecular weight excluding hydrogens is 342 g/mol. The van der Waals surface area contributed by atoms with E-state index in [1.807, 2.05) is 39.0 Å². The van der Waals surface area contributed by atoms with Gasteiger partial charge in [-0.15, -0.1) is 0 Å². The fraction of sp³-hybridized carbons (Fsp3) is 0.316. The van der Waals surface area contributed by atoms with E-state index in [4.69, 9.17) is 17.0 Å². The predicted octanol–water partition coefficient (Wildman–Crippen LogP) is 4.86. The molecule has 1 aliphatic rings. The van der Waals surface area contributed by atoms with Crippen molar-refractivity contribution in [2.24, 2.45) is 0 Å². The molecule has 0 bridgehead atoms. The van der Waals surface area contributed by atoms with Crippen LogP contribution in [0.4, 0.5) is 14.5 Å². The molecule has 25 heavy (non-hydrogen) atoms. The van der Waals surface area contributed by atoms with E-state index < -0.39 is 11.6 Å². The summed E-state index contributed by atoms with van der Waals surface area (Å²) in [7, 11) is 0. The number of nitrogens with one attached hydrogen (secondary N) is 2. The maximum atomic E-state index is 13.8. The predicted molar refractivity (Wildman–Crippen MR) is 99.0 cm³/mol. The second-order valence-corrected chi connectivity index (χ2v) is 7.29. The molecule has 2 aromatic carbocycles. The summed E-state index contributed by atoms with van der Waals surface area (Å²) in [5, 5.41) is 6.29. The Labute approximate surface area is 151 Å². The number of hydrogen-bond donors (Lipinski definition) is 2. The SMILES string of the molecule is Cc1ccc2c(c1)OC(C)(C)CC2NC(=S)Nc1ccc(F)cc1F. The van der Waals surface area contributed by atoms with Crippen LogP contribution in [0.25, 0.3) is 0 Å². The first-order valence-corrected chi connectivity index (χ1v) is 8.46. The van der Waals surface area contributed by atoms with Crippen molar-refractivity contribution in [2.45, 2.75) is 38.8 Å². The number of ether oxygens (including phenoxy) is 1. The molecule has 1 heterocycles. The molecule has 3 rings (SSSR count). The fourth-order valence-electron chi connectivity index (χ4n) is 2.99. The van der Waals surface area contributed by atoms with E-state index in [2.05, 4.69) is 10.6 Å². The summed E-state index contributed by atoms with van der Waals surface area (Å²) < 4.78 is 32.9. The Balaban J connectivity index is 1.79. The number of fused-ring (bicyclic) bond motifs is 1. The molecule has 0 aliphatic carbocycles. The van der Waals surface area contributed by atoms with Crippen LogP contribution in [0, 0.1) is 18.6 Å². The molecule has 2 aromatic rings. The lowest BCUT2D eigenvalue weighted by molar-refractivity contribution is 0.0696. The van der Waals surface area contributed by atoms with Crippen LogP contribution in [0.3, 0.4) is 0 Å². The molecule has 132 valence electrons. The third kappa shape index (κ3) is 4.07. The molecule has 1 unspecified atom stereocenters. The number of rotatable bonds is 2. The van der Waals surface area contributed by atoms with Crippen LogP contribution in [0.15, 0.2) is 36.4 Å². The maximum absolute atomic E-state index is 13.8. The molecular formula is C19H20F2N2OS. The van der Waals surface area contributed by atoms with Gasteiger partial charge in [-0.1, -0.05) is 12.1 Å². The minimum absolute atomic E-state index is 0.0668. The second kappa shape index (κ2) is 6.59. The summed E-state index contributed by atoms with van der Waals surface area (Å²) >= 11 is 5.32. The van der Waals surface area contributed by atoms with E-state index in [1.165, 1.54) is 12.1 Å². The van der Waals surface area contributed by atoms with Crippen molar-refractivity contribution < 1.29 is 13.5 Å². The van der Waals surface area contributed by atoms with Gasteiger partial charge in [0.15, 0.2) is 5.11 Å². The number of anilines is 1. The zero-order chi connectivity index (χ0) is 18.2. The van der Waals surface area contributed by atoms with Crippen molar-refractivity contribution in [2.75, 3.05) is 5.32 Å². The van der Waals surface area contributed by atoms with Crippen LogP contribution in [-0.4, -0.2) is 10.7 Å². The number of benzene rings is 2.